The fraction of sp³-hybridized carbons (Fsp3) is 0.385. The van der Waals surface area contributed by atoms with Crippen molar-refractivity contribution in [2.45, 2.75) is 59.0 Å². The van der Waals surface area contributed by atoms with Crippen LogP contribution in [-0.2, 0) is 22.4 Å². The fourth-order valence-corrected chi connectivity index (χ4v) is 4.34. The van der Waals surface area contributed by atoms with Gasteiger partial charge in [-0.3, -0.25) is 4.79 Å². The summed E-state index contributed by atoms with van der Waals surface area (Å²) >= 11 is 3.57. The minimum Gasteiger partial charge on any atom is -0.493 e. The number of esters is 1. The first-order valence-corrected chi connectivity index (χ1v) is 11.9. The molecule has 0 unspecified atom stereocenters. The van der Waals surface area contributed by atoms with Gasteiger partial charge < -0.3 is 13.9 Å². The van der Waals surface area contributed by atoms with E-state index in [-0.39, 0.29) is 12.1 Å². The first-order valence-electron chi connectivity index (χ1n) is 11.1. The lowest BCUT2D eigenvalue weighted by molar-refractivity contribution is -0.149. The number of fused-ring (bicyclic) bond motifs is 1. The molecule has 5 nitrogen and oxygen atoms in total. The average Bonchev–Trinajstić information content (AvgIpc) is 3.33. The number of carbonyl (C=O) groups is 1. The number of oxazole rings is 1. The third kappa shape index (κ3) is 5.07. The van der Waals surface area contributed by atoms with Gasteiger partial charge in [-0.25, -0.2) is 4.98 Å². The van der Waals surface area contributed by atoms with E-state index in [1.165, 1.54) is 11.1 Å². The van der Waals surface area contributed by atoms with Gasteiger partial charge in [-0.2, -0.15) is 0 Å². The Hall–Kier alpha value is -2.60. The Kier molecular flexibility index (Phi) is 6.99. The molecule has 0 saturated heterocycles. The molecule has 168 valence electrons. The highest BCUT2D eigenvalue weighted by atomic mass is 79.9. The van der Waals surface area contributed by atoms with Crippen molar-refractivity contribution in [2.75, 3.05) is 6.61 Å². The molecular weight excluding hydrogens is 470 g/mol. The number of nitrogens with zero attached hydrogens (tertiary/aromatic N) is 1. The highest BCUT2D eigenvalue weighted by molar-refractivity contribution is 9.10. The van der Waals surface area contributed by atoms with Crippen LogP contribution in [0.5, 0.6) is 5.75 Å². The van der Waals surface area contributed by atoms with Gasteiger partial charge in [-0.1, -0.05) is 35.0 Å². The van der Waals surface area contributed by atoms with Crippen molar-refractivity contribution in [1.29, 1.82) is 0 Å². The van der Waals surface area contributed by atoms with Gasteiger partial charge in [0.05, 0.1) is 12.3 Å². The van der Waals surface area contributed by atoms with Crippen LogP contribution in [0.4, 0.5) is 0 Å². The molecule has 6 heteroatoms. The van der Waals surface area contributed by atoms with Crippen LogP contribution in [0.15, 0.2) is 45.3 Å². The van der Waals surface area contributed by atoms with Crippen LogP contribution in [-0.4, -0.2) is 17.6 Å². The molecule has 1 aliphatic carbocycles. The SMILES string of the molecule is CCCC(=O)O[C@H]1CCc2cc(OCCc3nc(-c4ccc(C)c(Br)c4)oc3C)ccc21. The molecule has 0 amide bonds. The normalized spacial score (nSPS) is 14.9. The molecule has 0 N–H and O–H groups in total. The zero-order valence-corrected chi connectivity index (χ0v) is 20.3. The van der Waals surface area contributed by atoms with Crippen molar-refractivity contribution < 1.29 is 18.7 Å². The van der Waals surface area contributed by atoms with E-state index in [9.17, 15) is 4.79 Å². The van der Waals surface area contributed by atoms with Crippen LogP contribution < -0.4 is 4.74 Å². The zero-order chi connectivity index (χ0) is 22.7. The molecule has 3 aromatic rings. The van der Waals surface area contributed by atoms with Crippen molar-refractivity contribution in [1.82, 2.24) is 4.98 Å². The average molecular weight is 498 g/mol. The minimum absolute atomic E-state index is 0.119. The predicted molar refractivity (Wildman–Crippen MR) is 127 cm³/mol. The van der Waals surface area contributed by atoms with E-state index in [4.69, 9.17) is 13.9 Å². The summed E-state index contributed by atoms with van der Waals surface area (Å²) in [6.07, 6.45) is 3.55. The Balaban J connectivity index is 1.36. The quantitative estimate of drug-likeness (QED) is 0.325. The molecule has 1 heterocycles. The third-order valence-corrected chi connectivity index (χ3v) is 6.64. The van der Waals surface area contributed by atoms with E-state index in [0.717, 1.165) is 52.1 Å². The highest BCUT2D eigenvalue weighted by Crippen LogP contribution is 2.36. The van der Waals surface area contributed by atoms with Crippen LogP contribution in [0.2, 0.25) is 0 Å². The first kappa shape index (κ1) is 22.6. The van der Waals surface area contributed by atoms with E-state index in [1.807, 2.05) is 44.2 Å². The maximum absolute atomic E-state index is 11.8. The summed E-state index contributed by atoms with van der Waals surface area (Å²) in [7, 11) is 0. The summed E-state index contributed by atoms with van der Waals surface area (Å²) in [5.41, 5.74) is 5.32. The standard InChI is InChI=1S/C26H28BrNO4/c1-4-5-25(29)32-24-11-8-18-14-20(9-10-21(18)24)30-13-12-23-17(3)31-26(28-23)19-7-6-16(2)22(27)15-19/h6-7,9-10,14-15,24H,4-5,8,11-13H2,1-3H3/t24-/m0/s1. The molecule has 1 atom stereocenters. The Morgan fingerprint density at radius 3 is 2.84 bits per heavy atom. The molecule has 0 aliphatic heterocycles. The first-order chi connectivity index (χ1) is 15.4. The number of carbonyl (C=O) groups excluding carboxylic acids is 1. The smallest absolute Gasteiger partial charge is 0.306 e. The van der Waals surface area contributed by atoms with E-state index >= 15 is 0 Å². The van der Waals surface area contributed by atoms with Crippen LogP contribution in [0, 0.1) is 13.8 Å². The molecule has 1 aromatic heterocycles. The maximum Gasteiger partial charge on any atom is 0.306 e. The molecule has 0 saturated carbocycles. The number of rotatable bonds is 8. The summed E-state index contributed by atoms with van der Waals surface area (Å²) in [4.78, 5) is 16.5. The third-order valence-electron chi connectivity index (χ3n) is 5.78. The summed E-state index contributed by atoms with van der Waals surface area (Å²) in [6, 6.07) is 12.1. The number of aryl methyl sites for hydroxylation is 3. The number of benzene rings is 2. The second-order valence-electron chi connectivity index (χ2n) is 8.21. The van der Waals surface area contributed by atoms with Crippen molar-refractivity contribution in [3.8, 4) is 17.2 Å². The molecule has 0 fully saturated rings. The summed E-state index contributed by atoms with van der Waals surface area (Å²) in [5.74, 6) is 2.14. The van der Waals surface area contributed by atoms with Gasteiger partial charge in [0.2, 0.25) is 5.89 Å². The molecule has 0 radical (unpaired) electrons. The number of aromatic nitrogens is 1. The molecule has 4 rings (SSSR count). The lowest BCUT2D eigenvalue weighted by Crippen LogP contribution is -2.08. The van der Waals surface area contributed by atoms with Crippen LogP contribution in [0.1, 0.15) is 60.4 Å². The number of hydrogen-bond donors (Lipinski definition) is 0. The maximum atomic E-state index is 11.8. The van der Waals surface area contributed by atoms with E-state index < -0.39 is 0 Å². The van der Waals surface area contributed by atoms with Gasteiger partial charge >= 0.3 is 5.97 Å². The van der Waals surface area contributed by atoms with E-state index in [1.54, 1.807) is 0 Å². The second kappa shape index (κ2) is 9.90. The summed E-state index contributed by atoms with van der Waals surface area (Å²) < 4.78 is 18.5. The second-order valence-corrected chi connectivity index (χ2v) is 9.07. The Labute approximate surface area is 197 Å². The molecule has 32 heavy (non-hydrogen) atoms. The van der Waals surface area contributed by atoms with E-state index in [2.05, 4.69) is 33.9 Å². The summed E-state index contributed by atoms with van der Waals surface area (Å²) in [5, 5.41) is 0. The van der Waals surface area contributed by atoms with Gasteiger partial charge in [0, 0.05) is 22.9 Å². The molecule has 0 spiro atoms. The lowest BCUT2D eigenvalue weighted by Gasteiger charge is -2.14. The monoisotopic (exact) mass is 497 g/mol. The van der Waals surface area contributed by atoms with Crippen LogP contribution >= 0.6 is 15.9 Å². The van der Waals surface area contributed by atoms with Crippen molar-refractivity contribution in [3.63, 3.8) is 0 Å². The number of ether oxygens (including phenoxy) is 2. The van der Waals surface area contributed by atoms with Gasteiger partial charge in [0.25, 0.3) is 0 Å². The number of hydrogen-bond acceptors (Lipinski definition) is 5. The summed E-state index contributed by atoms with van der Waals surface area (Å²) in [6.45, 7) is 6.48. The largest absolute Gasteiger partial charge is 0.493 e. The predicted octanol–water partition coefficient (Wildman–Crippen LogP) is 6.67. The molecule has 2 aromatic carbocycles. The van der Waals surface area contributed by atoms with Crippen LogP contribution in [0.25, 0.3) is 11.5 Å². The van der Waals surface area contributed by atoms with Gasteiger partial charge in [0.15, 0.2) is 0 Å². The Morgan fingerprint density at radius 2 is 2.06 bits per heavy atom. The molecule has 0 bridgehead atoms. The van der Waals surface area contributed by atoms with Crippen LogP contribution in [0.3, 0.4) is 0 Å². The highest BCUT2D eigenvalue weighted by Gasteiger charge is 2.26. The Morgan fingerprint density at radius 1 is 1.22 bits per heavy atom. The molecular formula is C26H28BrNO4. The minimum atomic E-state index is -0.129. The lowest BCUT2D eigenvalue weighted by atomic mass is 10.1. The van der Waals surface area contributed by atoms with Gasteiger partial charge in [0.1, 0.15) is 17.6 Å². The number of halogens is 1. The van der Waals surface area contributed by atoms with E-state index in [0.29, 0.717) is 25.3 Å². The fourth-order valence-electron chi connectivity index (χ4n) is 3.96. The Bertz CT molecular complexity index is 1120. The zero-order valence-electron chi connectivity index (χ0n) is 18.7. The van der Waals surface area contributed by atoms with Gasteiger partial charge in [-0.15, -0.1) is 0 Å². The molecule has 1 aliphatic rings. The van der Waals surface area contributed by atoms with Crippen molar-refractivity contribution in [2.24, 2.45) is 0 Å². The van der Waals surface area contributed by atoms with Gasteiger partial charge in [-0.05, 0) is 74.1 Å². The van der Waals surface area contributed by atoms with Crippen molar-refractivity contribution >= 4 is 21.9 Å². The topological polar surface area (TPSA) is 61.6 Å². The van der Waals surface area contributed by atoms with Crippen molar-refractivity contribution in [3.05, 3.63) is 69.0 Å².